The van der Waals surface area contributed by atoms with Crippen molar-refractivity contribution < 1.29 is 5.11 Å². The zero-order valence-corrected chi connectivity index (χ0v) is 9.81. The SMILES string of the molecule is [N-]=[N+]=NCC(O)C[C@@H]1CCCCC[C@H]1N=[N+]=[N-]. The molecule has 0 heterocycles. The molecule has 1 fully saturated rings. The van der Waals surface area contributed by atoms with Crippen molar-refractivity contribution in [2.24, 2.45) is 16.1 Å². The lowest BCUT2D eigenvalue weighted by molar-refractivity contribution is 0.139. The van der Waals surface area contributed by atoms with Crippen LogP contribution in [0.25, 0.3) is 20.9 Å². The molecule has 0 aromatic rings. The first-order valence-corrected chi connectivity index (χ1v) is 6.01. The molecule has 94 valence electrons. The van der Waals surface area contributed by atoms with E-state index in [1.165, 1.54) is 0 Å². The molecule has 0 saturated heterocycles. The van der Waals surface area contributed by atoms with Crippen LogP contribution in [0, 0.1) is 5.92 Å². The Morgan fingerprint density at radius 3 is 2.65 bits per heavy atom. The average molecular weight is 238 g/mol. The molecule has 0 amide bonds. The number of rotatable bonds is 5. The van der Waals surface area contributed by atoms with Gasteiger partial charge in [-0.3, -0.25) is 0 Å². The minimum atomic E-state index is -0.634. The van der Waals surface area contributed by atoms with Crippen molar-refractivity contribution in [3.8, 4) is 0 Å². The zero-order chi connectivity index (χ0) is 12.5. The number of nitrogens with zero attached hydrogens (tertiary/aromatic N) is 6. The van der Waals surface area contributed by atoms with Crippen LogP contribution < -0.4 is 0 Å². The molecule has 1 saturated carbocycles. The molecule has 0 aliphatic heterocycles. The Kier molecular flexibility index (Phi) is 6.25. The fourth-order valence-electron chi connectivity index (χ4n) is 2.41. The van der Waals surface area contributed by atoms with Crippen LogP contribution in [0.1, 0.15) is 38.5 Å². The quantitative estimate of drug-likeness (QED) is 0.336. The highest BCUT2D eigenvalue weighted by Gasteiger charge is 2.24. The number of hydrogen-bond donors (Lipinski definition) is 1. The zero-order valence-electron chi connectivity index (χ0n) is 9.81. The van der Waals surface area contributed by atoms with Gasteiger partial charge in [0.1, 0.15) is 0 Å². The van der Waals surface area contributed by atoms with Crippen molar-refractivity contribution in [2.45, 2.75) is 50.7 Å². The lowest BCUT2D eigenvalue weighted by atomic mass is 9.90. The second-order valence-electron chi connectivity index (χ2n) is 4.47. The lowest BCUT2D eigenvalue weighted by Gasteiger charge is -2.22. The molecular formula is C10H18N6O. The summed E-state index contributed by atoms with van der Waals surface area (Å²) >= 11 is 0. The summed E-state index contributed by atoms with van der Waals surface area (Å²) in [5, 5.41) is 16.9. The summed E-state index contributed by atoms with van der Waals surface area (Å²) < 4.78 is 0. The molecule has 3 atom stereocenters. The topological polar surface area (TPSA) is 118 Å². The van der Waals surface area contributed by atoms with Crippen molar-refractivity contribution in [2.75, 3.05) is 6.54 Å². The molecule has 1 aliphatic rings. The molecule has 0 spiro atoms. The second-order valence-corrected chi connectivity index (χ2v) is 4.47. The number of azide groups is 2. The van der Waals surface area contributed by atoms with Crippen LogP contribution in [0.4, 0.5) is 0 Å². The summed E-state index contributed by atoms with van der Waals surface area (Å²) in [6.45, 7) is 0.0932. The van der Waals surface area contributed by atoms with E-state index in [4.69, 9.17) is 11.1 Å². The van der Waals surface area contributed by atoms with Crippen LogP contribution in [0.5, 0.6) is 0 Å². The Morgan fingerprint density at radius 2 is 1.94 bits per heavy atom. The third-order valence-electron chi connectivity index (χ3n) is 3.25. The predicted molar refractivity (Wildman–Crippen MR) is 64.1 cm³/mol. The number of hydrogen-bond acceptors (Lipinski definition) is 3. The molecule has 7 nitrogen and oxygen atoms in total. The van der Waals surface area contributed by atoms with E-state index in [-0.39, 0.29) is 18.5 Å². The molecule has 1 rings (SSSR count). The molecule has 1 aliphatic carbocycles. The lowest BCUT2D eigenvalue weighted by Crippen LogP contribution is -2.24. The van der Waals surface area contributed by atoms with Crippen molar-refractivity contribution in [3.05, 3.63) is 20.9 Å². The van der Waals surface area contributed by atoms with Gasteiger partial charge in [0.15, 0.2) is 0 Å². The average Bonchev–Trinajstić information content (AvgIpc) is 2.53. The maximum Gasteiger partial charge on any atom is 0.0599 e. The van der Waals surface area contributed by atoms with Crippen LogP contribution in [-0.4, -0.2) is 23.8 Å². The van der Waals surface area contributed by atoms with Crippen molar-refractivity contribution in [1.29, 1.82) is 0 Å². The first-order valence-electron chi connectivity index (χ1n) is 6.01. The Morgan fingerprint density at radius 1 is 1.18 bits per heavy atom. The van der Waals surface area contributed by atoms with Crippen LogP contribution in [-0.2, 0) is 0 Å². The van der Waals surface area contributed by atoms with E-state index >= 15 is 0 Å². The van der Waals surface area contributed by atoms with Crippen LogP contribution in [0.2, 0.25) is 0 Å². The third kappa shape index (κ3) is 4.95. The summed E-state index contributed by atoms with van der Waals surface area (Å²) in [6.07, 6.45) is 5.11. The van der Waals surface area contributed by atoms with Crippen molar-refractivity contribution in [3.63, 3.8) is 0 Å². The highest BCUT2D eigenvalue weighted by molar-refractivity contribution is 4.82. The highest BCUT2D eigenvalue weighted by Crippen LogP contribution is 2.29. The Balaban J connectivity index is 2.56. The Bertz CT molecular complexity index is 321. The molecule has 7 heteroatoms. The van der Waals surface area contributed by atoms with Gasteiger partial charge in [-0.15, -0.1) is 0 Å². The van der Waals surface area contributed by atoms with Crippen LogP contribution >= 0.6 is 0 Å². The van der Waals surface area contributed by atoms with E-state index in [2.05, 4.69) is 20.1 Å². The summed E-state index contributed by atoms with van der Waals surface area (Å²) in [4.78, 5) is 5.51. The smallest absolute Gasteiger partial charge is 0.0599 e. The van der Waals surface area contributed by atoms with Crippen LogP contribution in [0.15, 0.2) is 10.2 Å². The van der Waals surface area contributed by atoms with Crippen LogP contribution in [0.3, 0.4) is 0 Å². The summed E-state index contributed by atoms with van der Waals surface area (Å²) in [7, 11) is 0. The van der Waals surface area contributed by atoms with E-state index in [0.717, 1.165) is 32.1 Å². The molecule has 0 radical (unpaired) electrons. The van der Waals surface area contributed by atoms with E-state index in [1.807, 2.05) is 0 Å². The largest absolute Gasteiger partial charge is 0.393 e. The van der Waals surface area contributed by atoms with Gasteiger partial charge in [-0.2, -0.15) is 0 Å². The molecule has 0 aromatic carbocycles. The van der Waals surface area contributed by atoms with E-state index < -0.39 is 6.10 Å². The summed E-state index contributed by atoms with van der Waals surface area (Å²) in [5.41, 5.74) is 16.7. The number of aliphatic hydroxyl groups excluding tert-OH is 1. The third-order valence-corrected chi connectivity index (χ3v) is 3.25. The maximum absolute atomic E-state index is 9.71. The number of aliphatic hydroxyl groups is 1. The molecule has 0 bridgehead atoms. The van der Waals surface area contributed by atoms with Gasteiger partial charge in [-0.05, 0) is 36.2 Å². The Hall–Kier alpha value is -1.42. The normalized spacial score (nSPS) is 26.2. The van der Waals surface area contributed by atoms with E-state index in [0.29, 0.717) is 6.42 Å². The van der Waals surface area contributed by atoms with Gasteiger partial charge in [0, 0.05) is 15.9 Å². The summed E-state index contributed by atoms with van der Waals surface area (Å²) in [5.74, 6) is 0.206. The first kappa shape index (κ1) is 13.6. The van der Waals surface area contributed by atoms with Gasteiger partial charge in [-0.25, -0.2) is 0 Å². The molecule has 1 unspecified atom stereocenters. The maximum atomic E-state index is 9.71. The second kappa shape index (κ2) is 7.79. The minimum Gasteiger partial charge on any atom is -0.393 e. The molecule has 1 N–H and O–H groups in total. The molecular weight excluding hydrogens is 220 g/mol. The summed E-state index contributed by atoms with van der Waals surface area (Å²) in [6, 6.07) is -0.0248. The van der Waals surface area contributed by atoms with Gasteiger partial charge in [0.25, 0.3) is 0 Å². The Labute approximate surface area is 100 Å². The van der Waals surface area contributed by atoms with Gasteiger partial charge in [0.2, 0.25) is 0 Å². The van der Waals surface area contributed by atoms with Crippen molar-refractivity contribution >= 4 is 0 Å². The predicted octanol–water partition coefficient (Wildman–Crippen LogP) is 3.31. The first-order chi connectivity index (χ1) is 8.27. The highest BCUT2D eigenvalue weighted by atomic mass is 16.3. The molecule has 0 aromatic heterocycles. The fourth-order valence-corrected chi connectivity index (χ4v) is 2.41. The standard InChI is InChI=1S/C10H18N6O/c11-15-13-7-9(17)6-8-4-2-1-3-5-10(8)14-16-12/h8-10,17H,1-7H2/t8-,9?,10+/m0/s1. The minimum absolute atomic E-state index is 0.0248. The van der Waals surface area contributed by atoms with Gasteiger partial charge in [-0.1, -0.05) is 29.5 Å². The van der Waals surface area contributed by atoms with Gasteiger partial charge in [0.05, 0.1) is 12.6 Å². The van der Waals surface area contributed by atoms with Gasteiger partial charge >= 0.3 is 0 Å². The monoisotopic (exact) mass is 238 g/mol. The molecule has 17 heavy (non-hydrogen) atoms. The van der Waals surface area contributed by atoms with E-state index in [9.17, 15) is 5.11 Å². The fraction of sp³-hybridized carbons (Fsp3) is 1.00. The van der Waals surface area contributed by atoms with Gasteiger partial charge < -0.3 is 5.11 Å². The van der Waals surface area contributed by atoms with E-state index in [1.54, 1.807) is 0 Å². The van der Waals surface area contributed by atoms with Crippen molar-refractivity contribution in [1.82, 2.24) is 0 Å².